The second-order valence-electron chi connectivity index (χ2n) is 4.22. The van der Waals surface area contributed by atoms with Gasteiger partial charge in [-0.1, -0.05) is 36.4 Å². The van der Waals surface area contributed by atoms with Gasteiger partial charge >= 0.3 is 0 Å². The van der Waals surface area contributed by atoms with Crippen LogP contribution in [0.1, 0.15) is 24.8 Å². The molecule has 0 aliphatic carbocycles. The molecule has 3 heteroatoms. The number of rotatable bonds is 9. The van der Waals surface area contributed by atoms with Crippen LogP contribution < -0.4 is 0 Å². The molecule has 98 valence electrons. The van der Waals surface area contributed by atoms with Crippen molar-refractivity contribution in [1.29, 1.82) is 0 Å². The minimum Gasteiger partial charge on any atom is -0.393 e. The van der Waals surface area contributed by atoms with Gasteiger partial charge in [-0.3, -0.25) is 4.79 Å². The van der Waals surface area contributed by atoms with E-state index in [9.17, 15) is 9.90 Å². The van der Waals surface area contributed by atoms with Crippen molar-refractivity contribution in [1.82, 2.24) is 0 Å². The molecule has 0 amide bonds. The molecule has 0 aliphatic rings. The summed E-state index contributed by atoms with van der Waals surface area (Å²) < 4.78 is 5.44. The maximum atomic E-state index is 11.2. The molecule has 0 heterocycles. The topological polar surface area (TPSA) is 46.5 Å². The van der Waals surface area contributed by atoms with Gasteiger partial charge in [-0.2, -0.15) is 0 Å². The zero-order valence-electron chi connectivity index (χ0n) is 10.5. The van der Waals surface area contributed by atoms with Gasteiger partial charge in [0.25, 0.3) is 0 Å². The molecular formula is C15H20O3. The van der Waals surface area contributed by atoms with Crippen molar-refractivity contribution < 1.29 is 14.6 Å². The molecule has 1 N–H and O–H groups in total. The monoisotopic (exact) mass is 248 g/mol. The van der Waals surface area contributed by atoms with Crippen LogP contribution in [-0.2, 0) is 16.1 Å². The first-order valence-corrected chi connectivity index (χ1v) is 6.14. The molecule has 18 heavy (non-hydrogen) atoms. The highest BCUT2D eigenvalue weighted by atomic mass is 16.5. The first kappa shape index (κ1) is 14.6. The van der Waals surface area contributed by atoms with Crippen LogP contribution in [0, 0.1) is 0 Å². The van der Waals surface area contributed by atoms with Gasteiger partial charge in [-0.05, 0) is 12.0 Å². The van der Waals surface area contributed by atoms with E-state index in [1.165, 1.54) is 0 Å². The van der Waals surface area contributed by atoms with Gasteiger partial charge in [0, 0.05) is 19.4 Å². The predicted molar refractivity (Wildman–Crippen MR) is 71.2 cm³/mol. The van der Waals surface area contributed by atoms with Crippen LogP contribution in [0.4, 0.5) is 0 Å². The van der Waals surface area contributed by atoms with Crippen LogP contribution in [0.15, 0.2) is 43.0 Å². The van der Waals surface area contributed by atoms with Crippen LogP contribution in [0.2, 0.25) is 0 Å². The van der Waals surface area contributed by atoms with Gasteiger partial charge in [-0.15, -0.1) is 6.58 Å². The lowest BCUT2D eigenvalue weighted by Gasteiger charge is -2.09. The maximum absolute atomic E-state index is 11.2. The number of carbonyl (C=O) groups excluding carboxylic acids is 1. The summed E-state index contributed by atoms with van der Waals surface area (Å²) in [6.07, 6.45) is 1.92. The van der Waals surface area contributed by atoms with Crippen LogP contribution in [0.3, 0.4) is 0 Å². The van der Waals surface area contributed by atoms with Crippen LogP contribution in [0.5, 0.6) is 0 Å². The number of hydrogen-bond acceptors (Lipinski definition) is 3. The quantitative estimate of drug-likeness (QED) is 0.539. The molecule has 0 aliphatic heterocycles. The number of ether oxygens (including phenoxy) is 1. The number of hydrogen-bond donors (Lipinski definition) is 1. The van der Waals surface area contributed by atoms with Gasteiger partial charge in [0.2, 0.25) is 0 Å². The van der Waals surface area contributed by atoms with Crippen molar-refractivity contribution in [3.05, 3.63) is 48.6 Å². The van der Waals surface area contributed by atoms with Gasteiger partial charge in [0.05, 0.1) is 12.7 Å². The van der Waals surface area contributed by atoms with Crippen molar-refractivity contribution in [3.63, 3.8) is 0 Å². The Labute approximate surface area is 108 Å². The van der Waals surface area contributed by atoms with Crippen molar-refractivity contribution in [2.24, 2.45) is 0 Å². The number of benzene rings is 1. The second kappa shape index (κ2) is 8.61. The van der Waals surface area contributed by atoms with Crippen molar-refractivity contribution >= 4 is 5.78 Å². The van der Waals surface area contributed by atoms with E-state index in [4.69, 9.17) is 4.74 Å². The number of Topliss-reactive ketones (excluding diaryl/α,β-unsaturated/α-hetero) is 1. The summed E-state index contributed by atoms with van der Waals surface area (Å²) in [5.74, 6) is 0.0144. The Morgan fingerprint density at radius 3 is 2.78 bits per heavy atom. The van der Waals surface area contributed by atoms with E-state index in [2.05, 4.69) is 6.58 Å². The minimum atomic E-state index is -0.617. The molecule has 0 radical (unpaired) electrons. The molecular weight excluding hydrogens is 228 g/mol. The normalized spacial score (nSPS) is 12.1. The molecule has 1 rings (SSSR count). The van der Waals surface area contributed by atoms with Crippen LogP contribution >= 0.6 is 0 Å². The summed E-state index contributed by atoms with van der Waals surface area (Å²) in [5.41, 5.74) is 1.11. The Kier molecular flexibility index (Phi) is 6.99. The molecule has 0 bridgehead atoms. The number of aliphatic hydroxyl groups excluding tert-OH is 1. The summed E-state index contributed by atoms with van der Waals surface area (Å²) in [4.78, 5) is 11.2. The lowest BCUT2D eigenvalue weighted by Crippen LogP contribution is -2.15. The fourth-order valence-corrected chi connectivity index (χ4v) is 1.59. The molecule has 0 saturated heterocycles. The SMILES string of the molecule is C=CCC(=O)C[C@H](O)CCOCc1ccccc1. The summed E-state index contributed by atoms with van der Waals surface area (Å²) in [6.45, 7) is 4.48. The second-order valence-corrected chi connectivity index (χ2v) is 4.22. The summed E-state index contributed by atoms with van der Waals surface area (Å²) in [5, 5.41) is 9.61. The summed E-state index contributed by atoms with van der Waals surface area (Å²) in [6, 6.07) is 9.86. The van der Waals surface area contributed by atoms with Crippen molar-refractivity contribution in [2.75, 3.05) is 6.61 Å². The predicted octanol–water partition coefficient (Wildman–Crippen LogP) is 2.49. The lowest BCUT2D eigenvalue weighted by atomic mass is 10.1. The zero-order valence-corrected chi connectivity index (χ0v) is 10.5. The fraction of sp³-hybridized carbons (Fsp3) is 0.400. The first-order valence-electron chi connectivity index (χ1n) is 6.14. The Morgan fingerprint density at radius 2 is 2.11 bits per heavy atom. The molecule has 0 spiro atoms. The number of aliphatic hydroxyl groups is 1. The third kappa shape index (κ3) is 6.33. The highest BCUT2D eigenvalue weighted by Gasteiger charge is 2.09. The van der Waals surface area contributed by atoms with Crippen LogP contribution in [0.25, 0.3) is 0 Å². The number of allylic oxidation sites excluding steroid dienone is 1. The smallest absolute Gasteiger partial charge is 0.139 e. The highest BCUT2D eigenvalue weighted by molar-refractivity contribution is 5.80. The van der Waals surface area contributed by atoms with Crippen molar-refractivity contribution in [2.45, 2.75) is 32.0 Å². The van der Waals surface area contributed by atoms with Gasteiger partial charge < -0.3 is 9.84 Å². The average Bonchev–Trinajstić information content (AvgIpc) is 2.36. The maximum Gasteiger partial charge on any atom is 0.139 e. The van der Waals surface area contributed by atoms with Gasteiger partial charge in [0.15, 0.2) is 0 Å². The molecule has 3 nitrogen and oxygen atoms in total. The lowest BCUT2D eigenvalue weighted by molar-refractivity contribution is -0.120. The number of ketones is 1. The molecule has 0 aromatic heterocycles. The Bertz CT molecular complexity index is 359. The molecule has 0 saturated carbocycles. The Hall–Kier alpha value is -1.45. The standard InChI is InChI=1S/C15H20O3/c1-2-6-14(16)11-15(17)9-10-18-12-13-7-4-3-5-8-13/h2-5,7-8,15,17H,1,6,9-12H2/t15-/m1/s1. The molecule has 1 atom stereocenters. The largest absolute Gasteiger partial charge is 0.393 e. The van der Waals surface area contributed by atoms with E-state index in [-0.39, 0.29) is 12.2 Å². The Balaban J connectivity index is 2.10. The Morgan fingerprint density at radius 1 is 1.39 bits per heavy atom. The van der Waals surface area contributed by atoms with E-state index >= 15 is 0 Å². The zero-order chi connectivity index (χ0) is 13.2. The van der Waals surface area contributed by atoms with Crippen molar-refractivity contribution in [3.8, 4) is 0 Å². The van der Waals surface area contributed by atoms with Gasteiger partial charge in [0.1, 0.15) is 5.78 Å². The van der Waals surface area contributed by atoms with Gasteiger partial charge in [-0.25, -0.2) is 0 Å². The number of carbonyl (C=O) groups is 1. The van der Waals surface area contributed by atoms with E-state index < -0.39 is 6.10 Å². The third-order valence-electron chi connectivity index (χ3n) is 2.54. The molecule has 1 aromatic rings. The fourth-order valence-electron chi connectivity index (χ4n) is 1.59. The molecule has 1 aromatic carbocycles. The summed E-state index contributed by atoms with van der Waals surface area (Å²) >= 11 is 0. The minimum absolute atomic E-state index is 0.0144. The molecule has 0 unspecified atom stereocenters. The molecule has 0 fully saturated rings. The average molecular weight is 248 g/mol. The van der Waals surface area contributed by atoms with E-state index in [0.29, 0.717) is 26.1 Å². The van der Waals surface area contributed by atoms with Crippen LogP contribution in [-0.4, -0.2) is 23.6 Å². The highest BCUT2D eigenvalue weighted by Crippen LogP contribution is 2.04. The third-order valence-corrected chi connectivity index (χ3v) is 2.54. The first-order chi connectivity index (χ1) is 8.72. The van der Waals surface area contributed by atoms with E-state index in [1.807, 2.05) is 30.3 Å². The summed E-state index contributed by atoms with van der Waals surface area (Å²) in [7, 11) is 0. The van der Waals surface area contributed by atoms with E-state index in [1.54, 1.807) is 6.08 Å². The van der Waals surface area contributed by atoms with E-state index in [0.717, 1.165) is 5.56 Å².